The SMILES string of the molecule is NC(C(=O)O)c1cc(Cl)c2ccoc2c1O. The number of furan rings is 1. The Morgan fingerprint density at radius 1 is 1.56 bits per heavy atom. The minimum Gasteiger partial charge on any atom is -0.504 e. The van der Waals surface area contributed by atoms with Gasteiger partial charge in [0.1, 0.15) is 6.04 Å². The van der Waals surface area contributed by atoms with E-state index in [1.54, 1.807) is 6.07 Å². The summed E-state index contributed by atoms with van der Waals surface area (Å²) in [6, 6.07) is 1.56. The lowest BCUT2D eigenvalue weighted by Crippen LogP contribution is -2.20. The van der Waals surface area contributed by atoms with E-state index in [9.17, 15) is 9.90 Å². The van der Waals surface area contributed by atoms with Gasteiger partial charge < -0.3 is 20.4 Å². The molecule has 6 heteroatoms. The van der Waals surface area contributed by atoms with Gasteiger partial charge in [0.2, 0.25) is 0 Å². The minimum absolute atomic E-state index is 0.0277. The van der Waals surface area contributed by atoms with Crippen LogP contribution >= 0.6 is 11.6 Å². The Morgan fingerprint density at radius 2 is 2.25 bits per heavy atom. The zero-order chi connectivity index (χ0) is 11.9. The molecule has 5 nitrogen and oxygen atoms in total. The molecule has 1 unspecified atom stereocenters. The second-order valence-electron chi connectivity index (χ2n) is 3.28. The quantitative estimate of drug-likeness (QED) is 0.746. The zero-order valence-corrected chi connectivity index (χ0v) is 8.73. The average Bonchev–Trinajstić information content (AvgIpc) is 2.71. The van der Waals surface area contributed by atoms with Crippen LogP contribution in [0, 0.1) is 0 Å². The van der Waals surface area contributed by atoms with Gasteiger partial charge in [0.25, 0.3) is 0 Å². The lowest BCUT2D eigenvalue weighted by atomic mass is 10.0. The van der Waals surface area contributed by atoms with Gasteiger partial charge in [-0.25, -0.2) is 0 Å². The predicted molar refractivity (Wildman–Crippen MR) is 57.5 cm³/mol. The van der Waals surface area contributed by atoms with E-state index in [1.165, 1.54) is 12.3 Å². The molecular formula is C10H8ClNO4. The van der Waals surface area contributed by atoms with Crippen molar-refractivity contribution in [3.05, 3.63) is 29.0 Å². The maximum Gasteiger partial charge on any atom is 0.325 e. The van der Waals surface area contributed by atoms with Gasteiger partial charge in [0, 0.05) is 10.9 Å². The Balaban J connectivity index is 2.71. The molecule has 0 aliphatic heterocycles. The summed E-state index contributed by atoms with van der Waals surface area (Å²) in [4.78, 5) is 10.7. The number of halogens is 1. The second kappa shape index (κ2) is 3.70. The third-order valence-electron chi connectivity index (χ3n) is 2.29. The number of aliphatic carboxylic acids is 1. The molecule has 1 aromatic heterocycles. The van der Waals surface area contributed by atoms with Crippen LogP contribution in [0.25, 0.3) is 11.0 Å². The van der Waals surface area contributed by atoms with Crippen LogP contribution in [0.2, 0.25) is 5.02 Å². The van der Waals surface area contributed by atoms with Crippen LogP contribution in [-0.4, -0.2) is 16.2 Å². The molecule has 4 N–H and O–H groups in total. The van der Waals surface area contributed by atoms with E-state index in [0.717, 1.165) is 0 Å². The van der Waals surface area contributed by atoms with Crippen LogP contribution in [0.3, 0.4) is 0 Å². The van der Waals surface area contributed by atoms with Gasteiger partial charge in [-0.3, -0.25) is 4.79 Å². The second-order valence-corrected chi connectivity index (χ2v) is 3.68. The fourth-order valence-corrected chi connectivity index (χ4v) is 1.73. The van der Waals surface area contributed by atoms with Gasteiger partial charge >= 0.3 is 5.97 Å². The number of nitrogens with two attached hydrogens (primary N) is 1. The maximum absolute atomic E-state index is 10.7. The van der Waals surface area contributed by atoms with Crippen LogP contribution in [0.15, 0.2) is 22.8 Å². The first-order valence-electron chi connectivity index (χ1n) is 4.39. The molecule has 0 radical (unpaired) electrons. The molecule has 0 spiro atoms. The number of carboxylic acid groups (broad SMARTS) is 1. The van der Waals surface area contributed by atoms with Crippen molar-refractivity contribution >= 4 is 28.5 Å². The highest BCUT2D eigenvalue weighted by Crippen LogP contribution is 2.37. The smallest absolute Gasteiger partial charge is 0.325 e. The van der Waals surface area contributed by atoms with Crippen LogP contribution in [0.5, 0.6) is 5.75 Å². The number of hydrogen-bond donors (Lipinski definition) is 3. The fourth-order valence-electron chi connectivity index (χ4n) is 1.46. The molecule has 0 saturated heterocycles. The number of fused-ring (bicyclic) bond motifs is 1. The highest BCUT2D eigenvalue weighted by Gasteiger charge is 2.22. The summed E-state index contributed by atoms with van der Waals surface area (Å²) in [6.07, 6.45) is 1.35. The number of aromatic hydroxyl groups is 1. The first-order chi connectivity index (χ1) is 7.52. The van der Waals surface area contributed by atoms with Crippen LogP contribution in [0.4, 0.5) is 0 Å². The highest BCUT2D eigenvalue weighted by molar-refractivity contribution is 6.35. The van der Waals surface area contributed by atoms with E-state index in [4.69, 9.17) is 26.9 Å². The van der Waals surface area contributed by atoms with Gasteiger partial charge in [0.15, 0.2) is 11.3 Å². The molecule has 0 fully saturated rings. The first-order valence-corrected chi connectivity index (χ1v) is 4.77. The highest BCUT2D eigenvalue weighted by atomic mass is 35.5. The van der Waals surface area contributed by atoms with Crippen molar-refractivity contribution in [2.24, 2.45) is 5.73 Å². The number of rotatable bonds is 2. The molecule has 0 bridgehead atoms. The third kappa shape index (κ3) is 1.50. The normalized spacial score (nSPS) is 12.9. The van der Waals surface area contributed by atoms with Crippen molar-refractivity contribution in [2.45, 2.75) is 6.04 Å². The van der Waals surface area contributed by atoms with Crippen LogP contribution in [-0.2, 0) is 4.79 Å². The Kier molecular flexibility index (Phi) is 2.49. The third-order valence-corrected chi connectivity index (χ3v) is 2.61. The number of carbonyl (C=O) groups is 1. The van der Waals surface area contributed by atoms with Crippen LogP contribution in [0.1, 0.15) is 11.6 Å². The fraction of sp³-hybridized carbons (Fsp3) is 0.100. The Bertz CT molecular complexity index is 563. The molecule has 1 heterocycles. The lowest BCUT2D eigenvalue weighted by molar-refractivity contribution is -0.138. The molecular weight excluding hydrogens is 234 g/mol. The molecule has 1 aromatic carbocycles. The van der Waals surface area contributed by atoms with Gasteiger partial charge in [-0.2, -0.15) is 0 Å². The Hall–Kier alpha value is -1.72. The lowest BCUT2D eigenvalue weighted by Gasteiger charge is -2.10. The van der Waals surface area contributed by atoms with Crippen molar-refractivity contribution in [3.8, 4) is 5.75 Å². The van der Waals surface area contributed by atoms with E-state index in [1.807, 2.05) is 0 Å². The van der Waals surface area contributed by atoms with Crippen molar-refractivity contribution in [2.75, 3.05) is 0 Å². The number of phenols is 1. The van der Waals surface area contributed by atoms with Crippen molar-refractivity contribution in [3.63, 3.8) is 0 Å². The largest absolute Gasteiger partial charge is 0.504 e. The summed E-state index contributed by atoms with van der Waals surface area (Å²) in [6.45, 7) is 0. The number of phenolic OH excluding ortho intramolecular Hbond substituents is 1. The number of hydrogen-bond acceptors (Lipinski definition) is 4. The molecule has 0 saturated carbocycles. The van der Waals surface area contributed by atoms with Crippen LogP contribution < -0.4 is 5.73 Å². The van der Waals surface area contributed by atoms with Gasteiger partial charge in [-0.15, -0.1) is 0 Å². The molecule has 0 aliphatic rings. The molecule has 0 amide bonds. The summed E-state index contributed by atoms with van der Waals surface area (Å²) in [5, 5.41) is 19.3. The zero-order valence-electron chi connectivity index (χ0n) is 7.98. The standard InChI is InChI=1S/C10H8ClNO4/c11-6-3-5(7(12)10(14)15)8(13)9-4(6)1-2-16-9/h1-3,7,13H,12H2,(H,14,15). The summed E-state index contributed by atoms with van der Waals surface area (Å²) in [5.41, 5.74) is 5.57. The number of benzene rings is 1. The Morgan fingerprint density at radius 3 is 2.88 bits per heavy atom. The molecule has 0 aliphatic carbocycles. The summed E-state index contributed by atoms with van der Waals surface area (Å²) in [7, 11) is 0. The van der Waals surface area contributed by atoms with Crippen molar-refractivity contribution in [1.29, 1.82) is 0 Å². The van der Waals surface area contributed by atoms with E-state index in [2.05, 4.69) is 0 Å². The number of carboxylic acids is 1. The molecule has 16 heavy (non-hydrogen) atoms. The topological polar surface area (TPSA) is 96.7 Å². The van der Waals surface area contributed by atoms with E-state index < -0.39 is 12.0 Å². The monoisotopic (exact) mass is 241 g/mol. The van der Waals surface area contributed by atoms with Gasteiger partial charge in [-0.1, -0.05) is 11.6 Å². The van der Waals surface area contributed by atoms with E-state index in [0.29, 0.717) is 5.39 Å². The molecule has 84 valence electrons. The van der Waals surface area contributed by atoms with Crippen molar-refractivity contribution in [1.82, 2.24) is 0 Å². The maximum atomic E-state index is 10.7. The minimum atomic E-state index is -1.34. The average molecular weight is 242 g/mol. The molecule has 2 rings (SSSR count). The summed E-state index contributed by atoms with van der Waals surface area (Å²) in [5.74, 6) is -1.54. The van der Waals surface area contributed by atoms with Crippen molar-refractivity contribution < 1.29 is 19.4 Å². The summed E-state index contributed by atoms with van der Waals surface area (Å²) >= 11 is 5.90. The van der Waals surface area contributed by atoms with Gasteiger partial charge in [-0.05, 0) is 12.1 Å². The first kappa shape index (κ1) is 10.8. The Labute approximate surface area is 95.0 Å². The van der Waals surface area contributed by atoms with E-state index in [-0.39, 0.29) is 21.9 Å². The van der Waals surface area contributed by atoms with Gasteiger partial charge in [0.05, 0.1) is 11.3 Å². The van der Waals surface area contributed by atoms with E-state index >= 15 is 0 Å². The summed E-state index contributed by atoms with van der Waals surface area (Å²) < 4.78 is 5.02. The molecule has 1 atom stereocenters. The molecule has 2 aromatic rings. The predicted octanol–water partition coefficient (Wildman–Crippen LogP) is 1.88.